The predicted molar refractivity (Wildman–Crippen MR) is 88.0 cm³/mol. The Balaban J connectivity index is 1.54. The molecule has 2 aromatic rings. The molecule has 2 aliphatic rings. The minimum absolute atomic E-state index is 0.0455. The molecule has 25 heavy (non-hydrogen) atoms. The van der Waals surface area contributed by atoms with Crippen LogP contribution in [-0.2, 0) is 22.7 Å². The number of carbonyl (C=O) groups excluding carboxylic acids is 1. The first-order valence-electron chi connectivity index (χ1n) is 8.41. The maximum atomic E-state index is 11.5. The van der Waals surface area contributed by atoms with Crippen molar-refractivity contribution in [3.05, 3.63) is 23.9 Å². The van der Waals surface area contributed by atoms with Crippen LogP contribution in [0.3, 0.4) is 0 Å². The first kappa shape index (κ1) is 15.9. The molecule has 8 heteroatoms. The van der Waals surface area contributed by atoms with Crippen molar-refractivity contribution in [2.24, 2.45) is 5.92 Å². The number of amides is 1. The number of fused-ring (bicyclic) bond motifs is 2. The summed E-state index contributed by atoms with van der Waals surface area (Å²) in [6.45, 7) is 4.34. The molecule has 2 aliphatic heterocycles. The molecular weight excluding hydrogens is 324 g/mol. The second kappa shape index (κ2) is 6.72. The Labute approximate surface area is 145 Å². The lowest BCUT2D eigenvalue weighted by atomic mass is 10.1. The summed E-state index contributed by atoms with van der Waals surface area (Å²) in [5.74, 6) is 1.67. The van der Waals surface area contributed by atoms with Gasteiger partial charge in [-0.15, -0.1) is 5.10 Å². The molecule has 1 unspecified atom stereocenters. The van der Waals surface area contributed by atoms with Crippen molar-refractivity contribution >= 4 is 5.91 Å². The van der Waals surface area contributed by atoms with Crippen molar-refractivity contribution in [2.75, 3.05) is 19.9 Å². The van der Waals surface area contributed by atoms with Crippen LogP contribution in [0.4, 0.5) is 0 Å². The van der Waals surface area contributed by atoms with Crippen LogP contribution in [0.15, 0.2) is 18.2 Å². The van der Waals surface area contributed by atoms with Crippen LogP contribution >= 0.6 is 0 Å². The Morgan fingerprint density at radius 2 is 2.24 bits per heavy atom. The largest absolute Gasteiger partial charge is 0.454 e. The predicted octanol–water partition coefficient (Wildman–Crippen LogP) is 1.35. The molecule has 0 saturated carbocycles. The Morgan fingerprint density at radius 1 is 1.36 bits per heavy atom. The maximum Gasteiger partial charge on any atom is 0.231 e. The highest BCUT2D eigenvalue weighted by Gasteiger charge is 2.24. The summed E-state index contributed by atoms with van der Waals surface area (Å²) in [7, 11) is 0. The summed E-state index contributed by atoms with van der Waals surface area (Å²) >= 11 is 0. The van der Waals surface area contributed by atoms with Crippen molar-refractivity contribution in [1.82, 2.24) is 20.3 Å². The van der Waals surface area contributed by atoms with E-state index in [2.05, 4.69) is 15.6 Å². The third-order valence-electron chi connectivity index (χ3n) is 4.42. The van der Waals surface area contributed by atoms with Gasteiger partial charge in [0.1, 0.15) is 5.69 Å². The fraction of sp³-hybridized carbons (Fsp3) is 0.471. The SMILES string of the molecule is CCC(=O)NCC1COCc2c(-c3ccc4c(c3)OCO4)nnn2C1. The number of aromatic nitrogens is 3. The molecule has 1 atom stereocenters. The summed E-state index contributed by atoms with van der Waals surface area (Å²) < 4.78 is 18.5. The maximum absolute atomic E-state index is 11.5. The van der Waals surface area contributed by atoms with Gasteiger partial charge in [0.05, 0.1) is 18.9 Å². The van der Waals surface area contributed by atoms with E-state index in [1.54, 1.807) is 0 Å². The molecule has 1 amide bonds. The highest BCUT2D eigenvalue weighted by molar-refractivity contribution is 5.75. The number of rotatable bonds is 4. The third-order valence-corrected chi connectivity index (χ3v) is 4.42. The van der Waals surface area contributed by atoms with Crippen molar-refractivity contribution in [3.8, 4) is 22.8 Å². The fourth-order valence-electron chi connectivity index (χ4n) is 3.02. The van der Waals surface area contributed by atoms with Crippen LogP contribution in [0.25, 0.3) is 11.3 Å². The van der Waals surface area contributed by atoms with E-state index in [0.29, 0.717) is 38.5 Å². The molecule has 0 bridgehead atoms. The molecule has 0 fully saturated rings. The van der Waals surface area contributed by atoms with Gasteiger partial charge in [-0.25, -0.2) is 4.68 Å². The standard InChI is InChI=1S/C17H20N4O4/c1-2-16(22)18-6-11-7-21-13(9-23-8-11)17(19-20-21)12-3-4-14-15(5-12)25-10-24-14/h3-5,11H,2,6-10H2,1H3,(H,18,22). The van der Waals surface area contributed by atoms with Crippen molar-refractivity contribution in [1.29, 1.82) is 0 Å². The molecule has 3 heterocycles. The molecule has 0 aliphatic carbocycles. The molecule has 0 spiro atoms. The topological polar surface area (TPSA) is 87.5 Å². The first-order valence-corrected chi connectivity index (χ1v) is 8.41. The molecule has 8 nitrogen and oxygen atoms in total. The summed E-state index contributed by atoms with van der Waals surface area (Å²) in [5.41, 5.74) is 2.64. The van der Waals surface area contributed by atoms with Crippen LogP contribution in [0.2, 0.25) is 0 Å². The van der Waals surface area contributed by atoms with Gasteiger partial charge in [0.25, 0.3) is 0 Å². The van der Waals surface area contributed by atoms with Crippen LogP contribution in [0, 0.1) is 5.92 Å². The lowest BCUT2D eigenvalue weighted by molar-refractivity contribution is -0.121. The number of hydrogen-bond acceptors (Lipinski definition) is 6. The molecule has 4 rings (SSSR count). The third kappa shape index (κ3) is 3.17. The van der Waals surface area contributed by atoms with Gasteiger partial charge in [0.2, 0.25) is 12.7 Å². The Morgan fingerprint density at radius 3 is 3.12 bits per heavy atom. The average molecular weight is 344 g/mol. The number of carbonyl (C=O) groups is 1. The summed E-state index contributed by atoms with van der Waals surface area (Å²) in [4.78, 5) is 11.5. The van der Waals surface area contributed by atoms with Crippen molar-refractivity contribution in [2.45, 2.75) is 26.5 Å². The second-order valence-electron chi connectivity index (χ2n) is 6.17. The van der Waals surface area contributed by atoms with Gasteiger partial charge < -0.3 is 19.5 Å². The van der Waals surface area contributed by atoms with Crippen LogP contribution < -0.4 is 14.8 Å². The fourth-order valence-corrected chi connectivity index (χ4v) is 3.02. The zero-order valence-electron chi connectivity index (χ0n) is 14.0. The van der Waals surface area contributed by atoms with E-state index in [-0.39, 0.29) is 18.6 Å². The van der Waals surface area contributed by atoms with Crippen LogP contribution in [0.1, 0.15) is 19.0 Å². The van der Waals surface area contributed by atoms with E-state index < -0.39 is 0 Å². The molecule has 0 saturated heterocycles. The highest BCUT2D eigenvalue weighted by atomic mass is 16.7. The monoisotopic (exact) mass is 344 g/mol. The lowest BCUT2D eigenvalue weighted by Gasteiger charge is -2.14. The van der Waals surface area contributed by atoms with Gasteiger partial charge in [-0.1, -0.05) is 12.1 Å². The number of hydrogen-bond donors (Lipinski definition) is 1. The van der Waals surface area contributed by atoms with E-state index in [0.717, 1.165) is 22.7 Å². The zero-order chi connectivity index (χ0) is 17.2. The lowest BCUT2D eigenvalue weighted by Crippen LogP contribution is -2.32. The molecule has 1 N–H and O–H groups in total. The van der Waals surface area contributed by atoms with Crippen LogP contribution in [0.5, 0.6) is 11.5 Å². The van der Waals surface area contributed by atoms with E-state index in [4.69, 9.17) is 14.2 Å². The van der Waals surface area contributed by atoms with Gasteiger partial charge in [-0.2, -0.15) is 0 Å². The minimum atomic E-state index is 0.0455. The van der Waals surface area contributed by atoms with Crippen molar-refractivity contribution in [3.63, 3.8) is 0 Å². The average Bonchev–Trinajstić information content (AvgIpc) is 3.20. The van der Waals surface area contributed by atoms with Crippen LogP contribution in [-0.4, -0.2) is 40.8 Å². The Bertz CT molecular complexity index is 789. The molecule has 1 aromatic carbocycles. The summed E-state index contributed by atoms with van der Waals surface area (Å²) in [6.07, 6.45) is 0.483. The Kier molecular flexibility index (Phi) is 4.27. The van der Waals surface area contributed by atoms with Gasteiger partial charge in [0, 0.05) is 31.0 Å². The second-order valence-corrected chi connectivity index (χ2v) is 6.17. The number of benzene rings is 1. The zero-order valence-corrected chi connectivity index (χ0v) is 14.0. The quantitative estimate of drug-likeness (QED) is 0.901. The van der Waals surface area contributed by atoms with Gasteiger partial charge >= 0.3 is 0 Å². The Hall–Kier alpha value is -2.61. The number of nitrogens with one attached hydrogen (secondary N) is 1. The van der Waals surface area contributed by atoms with Crippen molar-refractivity contribution < 1.29 is 19.0 Å². The van der Waals surface area contributed by atoms with Gasteiger partial charge in [0.15, 0.2) is 11.5 Å². The summed E-state index contributed by atoms with van der Waals surface area (Å²) in [6, 6.07) is 5.74. The highest BCUT2D eigenvalue weighted by Crippen LogP contribution is 2.36. The normalized spacial score (nSPS) is 18.5. The molecule has 0 radical (unpaired) electrons. The van der Waals surface area contributed by atoms with Gasteiger partial charge in [-0.3, -0.25) is 4.79 Å². The van der Waals surface area contributed by atoms with Gasteiger partial charge in [-0.05, 0) is 18.2 Å². The smallest absolute Gasteiger partial charge is 0.231 e. The van der Waals surface area contributed by atoms with E-state index in [1.165, 1.54) is 0 Å². The number of ether oxygens (including phenoxy) is 3. The summed E-state index contributed by atoms with van der Waals surface area (Å²) in [5, 5.41) is 11.5. The number of nitrogens with zero attached hydrogens (tertiary/aromatic N) is 3. The molecular formula is C17H20N4O4. The first-order chi connectivity index (χ1) is 12.2. The van der Waals surface area contributed by atoms with E-state index in [9.17, 15) is 4.79 Å². The van der Waals surface area contributed by atoms with E-state index >= 15 is 0 Å². The minimum Gasteiger partial charge on any atom is -0.454 e. The molecule has 1 aromatic heterocycles. The molecule has 132 valence electrons. The van der Waals surface area contributed by atoms with E-state index in [1.807, 2.05) is 29.8 Å².